The summed E-state index contributed by atoms with van der Waals surface area (Å²) in [7, 11) is 0. The largest absolute Gasteiger partial charge is 0.417 e. The zero-order valence-electron chi connectivity index (χ0n) is 15.6. The molecule has 0 unspecified atom stereocenters. The van der Waals surface area contributed by atoms with Gasteiger partial charge in [0.25, 0.3) is 5.91 Å². The zero-order valence-corrected chi connectivity index (χ0v) is 15.6. The van der Waals surface area contributed by atoms with Gasteiger partial charge in [-0.3, -0.25) is 4.79 Å². The standard InChI is InChI=1S/C20H21F3N4O/c1-13(2)12-27-17(26-16-8-5-10-24-18(16)27)9-11-25-19(28)14-6-3-4-7-15(14)20(21,22)23/h3-8,10,13H,9,11-12H2,1-2H3,(H,25,28). The summed E-state index contributed by atoms with van der Waals surface area (Å²) in [6.45, 7) is 5.04. The topological polar surface area (TPSA) is 59.8 Å². The van der Waals surface area contributed by atoms with Crippen LogP contribution in [0.25, 0.3) is 11.2 Å². The number of imidazole rings is 1. The summed E-state index contributed by atoms with van der Waals surface area (Å²) in [4.78, 5) is 21.2. The van der Waals surface area contributed by atoms with Crippen LogP contribution in [0.15, 0.2) is 42.6 Å². The van der Waals surface area contributed by atoms with E-state index in [-0.39, 0.29) is 12.1 Å². The lowest BCUT2D eigenvalue weighted by molar-refractivity contribution is -0.137. The van der Waals surface area contributed by atoms with Crippen LogP contribution >= 0.6 is 0 Å². The van der Waals surface area contributed by atoms with Gasteiger partial charge < -0.3 is 9.88 Å². The van der Waals surface area contributed by atoms with Gasteiger partial charge in [0.1, 0.15) is 11.3 Å². The summed E-state index contributed by atoms with van der Waals surface area (Å²) in [6, 6.07) is 8.42. The molecule has 0 saturated heterocycles. The number of pyridine rings is 1. The van der Waals surface area contributed by atoms with Crippen LogP contribution in [0.1, 0.15) is 35.6 Å². The minimum atomic E-state index is -4.58. The number of carbonyl (C=O) groups is 1. The molecule has 5 nitrogen and oxygen atoms in total. The van der Waals surface area contributed by atoms with Gasteiger partial charge in [-0.2, -0.15) is 13.2 Å². The minimum absolute atomic E-state index is 0.173. The molecule has 1 aromatic carbocycles. The van der Waals surface area contributed by atoms with Crippen LogP contribution in [-0.4, -0.2) is 27.0 Å². The van der Waals surface area contributed by atoms with Crippen molar-refractivity contribution in [3.05, 3.63) is 59.5 Å². The van der Waals surface area contributed by atoms with Gasteiger partial charge in [-0.1, -0.05) is 26.0 Å². The fourth-order valence-electron chi connectivity index (χ4n) is 3.06. The molecule has 0 aliphatic carbocycles. The van der Waals surface area contributed by atoms with E-state index < -0.39 is 17.6 Å². The Morgan fingerprint density at radius 3 is 2.64 bits per heavy atom. The van der Waals surface area contributed by atoms with Crippen molar-refractivity contribution >= 4 is 17.1 Å². The second kappa shape index (κ2) is 8.00. The van der Waals surface area contributed by atoms with Gasteiger partial charge in [0.05, 0.1) is 11.1 Å². The summed E-state index contributed by atoms with van der Waals surface area (Å²) in [5.41, 5.74) is 0.197. The monoisotopic (exact) mass is 390 g/mol. The number of fused-ring (bicyclic) bond motifs is 1. The Labute approximate surface area is 160 Å². The molecule has 0 atom stereocenters. The molecule has 148 valence electrons. The van der Waals surface area contributed by atoms with E-state index in [0.29, 0.717) is 18.9 Å². The highest BCUT2D eigenvalue weighted by atomic mass is 19.4. The fraction of sp³-hybridized carbons (Fsp3) is 0.350. The number of halogens is 3. The van der Waals surface area contributed by atoms with E-state index in [0.717, 1.165) is 23.1 Å². The summed E-state index contributed by atoms with van der Waals surface area (Å²) in [6.07, 6.45) is -2.49. The molecule has 1 amide bonds. The number of rotatable bonds is 6. The second-order valence-electron chi connectivity index (χ2n) is 6.93. The van der Waals surface area contributed by atoms with Crippen molar-refractivity contribution in [2.75, 3.05) is 6.54 Å². The predicted molar refractivity (Wildman–Crippen MR) is 99.8 cm³/mol. The Hall–Kier alpha value is -2.90. The summed E-state index contributed by atoms with van der Waals surface area (Å²) < 4.78 is 41.3. The highest BCUT2D eigenvalue weighted by Crippen LogP contribution is 2.31. The second-order valence-corrected chi connectivity index (χ2v) is 6.93. The molecule has 0 fully saturated rings. The number of aromatic nitrogens is 3. The van der Waals surface area contributed by atoms with E-state index in [1.54, 1.807) is 12.3 Å². The first-order valence-electron chi connectivity index (χ1n) is 9.02. The summed E-state index contributed by atoms with van der Waals surface area (Å²) >= 11 is 0. The average molecular weight is 390 g/mol. The molecule has 2 aromatic heterocycles. The van der Waals surface area contributed by atoms with Gasteiger partial charge in [-0.05, 0) is 30.2 Å². The first-order valence-corrected chi connectivity index (χ1v) is 9.02. The van der Waals surface area contributed by atoms with Crippen LogP contribution < -0.4 is 5.32 Å². The maximum absolute atomic E-state index is 13.1. The van der Waals surface area contributed by atoms with E-state index in [1.165, 1.54) is 18.2 Å². The molecule has 0 radical (unpaired) electrons. The molecular weight excluding hydrogens is 369 g/mol. The molecule has 3 aromatic rings. The van der Waals surface area contributed by atoms with Gasteiger partial charge in [-0.15, -0.1) is 0 Å². The summed E-state index contributed by atoms with van der Waals surface area (Å²) in [5.74, 6) is 0.357. The van der Waals surface area contributed by atoms with Crippen LogP contribution in [-0.2, 0) is 19.1 Å². The van der Waals surface area contributed by atoms with Crippen molar-refractivity contribution in [1.29, 1.82) is 0 Å². The number of hydrogen-bond acceptors (Lipinski definition) is 3. The summed E-state index contributed by atoms with van der Waals surface area (Å²) in [5, 5.41) is 2.57. The fourth-order valence-corrected chi connectivity index (χ4v) is 3.06. The molecule has 28 heavy (non-hydrogen) atoms. The zero-order chi connectivity index (χ0) is 20.3. The van der Waals surface area contributed by atoms with Crippen molar-refractivity contribution in [2.24, 2.45) is 5.92 Å². The molecule has 0 aliphatic rings. The van der Waals surface area contributed by atoms with Gasteiger partial charge in [0.2, 0.25) is 0 Å². The van der Waals surface area contributed by atoms with E-state index in [2.05, 4.69) is 29.1 Å². The highest BCUT2D eigenvalue weighted by Gasteiger charge is 2.34. The van der Waals surface area contributed by atoms with Crippen molar-refractivity contribution in [2.45, 2.75) is 33.0 Å². The van der Waals surface area contributed by atoms with Gasteiger partial charge in [-0.25, -0.2) is 9.97 Å². The highest BCUT2D eigenvalue weighted by molar-refractivity contribution is 5.95. The molecule has 0 aliphatic heterocycles. The van der Waals surface area contributed by atoms with Crippen LogP contribution in [0.3, 0.4) is 0 Å². The molecule has 0 bridgehead atoms. The molecule has 1 N–H and O–H groups in total. The maximum atomic E-state index is 13.1. The van der Waals surface area contributed by atoms with Crippen molar-refractivity contribution in [3.8, 4) is 0 Å². The molecule has 8 heteroatoms. The Bertz CT molecular complexity index is 979. The van der Waals surface area contributed by atoms with Gasteiger partial charge in [0.15, 0.2) is 5.65 Å². The Kier molecular flexibility index (Phi) is 5.67. The lowest BCUT2D eigenvalue weighted by Crippen LogP contribution is -2.28. The molecule has 2 heterocycles. The number of alkyl halides is 3. The van der Waals surface area contributed by atoms with E-state index >= 15 is 0 Å². The molecule has 3 rings (SSSR count). The van der Waals surface area contributed by atoms with Crippen LogP contribution in [0.4, 0.5) is 13.2 Å². The SMILES string of the molecule is CC(C)Cn1c(CCNC(=O)c2ccccc2C(F)(F)F)nc2cccnc21. The Morgan fingerprint density at radius 1 is 1.18 bits per heavy atom. The van der Waals surface area contributed by atoms with E-state index in [9.17, 15) is 18.0 Å². The first kappa shape index (κ1) is 19.9. The van der Waals surface area contributed by atoms with Gasteiger partial charge in [0, 0.05) is 25.7 Å². The Balaban J connectivity index is 1.75. The smallest absolute Gasteiger partial charge is 0.352 e. The molecular formula is C20H21F3N4O. The van der Waals surface area contributed by atoms with Crippen molar-refractivity contribution in [3.63, 3.8) is 0 Å². The lowest BCUT2D eigenvalue weighted by atomic mass is 10.1. The first-order chi connectivity index (χ1) is 13.3. The number of nitrogens with one attached hydrogen (secondary N) is 1. The maximum Gasteiger partial charge on any atom is 0.417 e. The number of amides is 1. The van der Waals surface area contributed by atoms with E-state index in [4.69, 9.17) is 0 Å². The molecule has 0 saturated carbocycles. The quantitative estimate of drug-likeness (QED) is 0.690. The third-order valence-corrected chi connectivity index (χ3v) is 4.24. The average Bonchev–Trinajstić information content (AvgIpc) is 2.98. The lowest BCUT2D eigenvalue weighted by Gasteiger charge is -2.13. The van der Waals surface area contributed by atoms with Crippen LogP contribution in [0.2, 0.25) is 0 Å². The van der Waals surface area contributed by atoms with Crippen molar-refractivity contribution < 1.29 is 18.0 Å². The number of carbonyl (C=O) groups excluding carboxylic acids is 1. The molecule has 0 spiro atoms. The van der Waals surface area contributed by atoms with Crippen molar-refractivity contribution in [1.82, 2.24) is 19.9 Å². The number of nitrogens with zero attached hydrogens (tertiary/aromatic N) is 3. The predicted octanol–water partition coefficient (Wildman–Crippen LogP) is 4.08. The van der Waals surface area contributed by atoms with E-state index in [1.807, 2.05) is 10.6 Å². The normalized spacial score (nSPS) is 11.9. The number of hydrogen-bond donors (Lipinski definition) is 1. The Morgan fingerprint density at radius 2 is 1.93 bits per heavy atom. The van der Waals surface area contributed by atoms with Crippen LogP contribution in [0, 0.1) is 5.92 Å². The number of benzene rings is 1. The van der Waals surface area contributed by atoms with Gasteiger partial charge >= 0.3 is 6.18 Å². The third kappa shape index (κ3) is 4.32. The third-order valence-electron chi connectivity index (χ3n) is 4.24. The van der Waals surface area contributed by atoms with Crippen LogP contribution in [0.5, 0.6) is 0 Å². The minimum Gasteiger partial charge on any atom is -0.352 e.